The van der Waals surface area contributed by atoms with E-state index < -0.39 is 0 Å². The highest BCUT2D eigenvalue weighted by Crippen LogP contribution is 2.41. The van der Waals surface area contributed by atoms with Crippen molar-refractivity contribution >= 4 is 22.6 Å². The normalized spacial score (nSPS) is 22.6. The van der Waals surface area contributed by atoms with E-state index in [9.17, 15) is 0 Å². The van der Waals surface area contributed by atoms with E-state index in [1.165, 1.54) is 44.2 Å². The van der Waals surface area contributed by atoms with Crippen molar-refractivity contribution in [2.45, 2.75) is 32.1 Å². The van der Waals surface area contributed by atoms with Crippen LogP contribution >= 0.6 is 11.8 Å². The number of aromatic nitrogens is 2. The third-order valence-electron chi connectivity index (χ3n) is 3.80. The zero-order chi connectivity index (χ0) is 12.3. The summed E-state index contributed by atoms with van der Waals surface area (Å²) in [5.41, 5.74) is 1.41. The summed E-state index contributed by atoms with van der Waals surface area (Å²) in [6, 6.07) is 0. The maximum atomic E-state index is 4.71. The summed E-state index contributed by atoms with van der Waals surface area (Å²) in [6.45, 7) is 0.982. The summed E-state index contributed by atoms with van der Waals surface area (Å²) in [6.07, 6.45) is 12.0. The number of aliphatic imine (C=N–C) groups is 1. The van der Waals surface area contributed by atoms with E-state index >= 15 is 0 Å². The lowest BCUT2D eigenvalue weighted by Crippen LogP contribution is -2.35. The average molecular weight is 262 g/mol. The highest BCUT2D eigenvalue weighted by Gasteiger charge is 2.34. The number of thioether (sulfide) groups is 1. The van der Waals surface area contributed by atoms with Gasteiger partial charge in [-0.15, -0.1) is 0 Å². The molecule has 0 unspecified atom stereocenters. The van der Waals surface area contributed by atoms with Crippen LogP contribution in [0.2, 0.25) is 0 Å². The van der Waals surface area contributed by atoms with Gasteiger partial charge in [-0.1, -0.05) is 31.0 Å². The van der Waals surface area contributed by atoms with Gasteiger partial charge in [-0.25, -0.2) is 9.97 Å². The van der Waals surface area contributed by atoms with E-state index in [4.69, 9.17) is 4.99 Å². The third kappa shape index (κ3) is 2.66. The Morgan fingerprint density at radius 3 is 2.56 bits per heavy atom. The first-order valence-electron chi connectivity index (χ1n) is 6.56. The summed E-state index contributed by atoms with van der Waals surface area (Å²) < 4.78 is 0. The van der Waals surface area contributed by atoms with E-state index in [0.29, 0.717) is 5.41 Å². The zero-order valence-electron chi connectivity index (χ0n) is 10.4. The first-order valence-corrected chi connectivity index (χ1v) is 7.54. The molecule has 1 aromatic rings. The van der Waals surface area contributed by atoms with Gasteiger partial charge in [0, 0.05) is 12.3 Å². The average Bonchev–Trinajstić information content (AvgIpc) is 2.44. The minimum Gasteiger partial charge on any atom is -0.332 e. The molecule has 96 valence electrons. The Morgan fingerprint density at radius 1 is 1.11 bits per heavy atom. The number of nitrogens with one attached hydrogen (secondary N) is 1. The number of amidine groups is 1. The Hall–Kier alpha value is -1.10. The summed E-state index contributed by atoms with van der Waals surface area (Å²) >= 11 is 1.85. The molecular weight excluding hydrogens is 244 g/mol. The van der Waals surface area contributed by atoms with Crippen molar-refractivity contribution in [1.82, 2.24) is 9.97 Å². The number of hydrogen-bond acceptors (Lipinski definition) is 5. The largest absolute Gasteiger partial charge is 0.332 e. The van der Waals surface area contributed by atoms with E-state index in [1.807, 2.05) is 11.8 Å². The second kappa shape index (κ2) is 5.26. The second-order valence-electron chi connectivity index (χ2n) is 5.22. The Morgan fingerprint density at radius 2 is 1.89 bits per heavy atom. The van der Waals surface area contributed by atoms with Gasteiger partial charge in [0.1, 0.15) is 6.33 Å². The molecule has 1 aromatic heterocycles. The molecule has 0 saturated heterocycles. The standard InChI is InChI=1S/C13H18N4S/c1-2-4-13(5-3-1)8-16-12(18-9-13)17-11-6-14-10-15-7-11/h6-7,10H,1-5,8-9H2,(H,16,17). The molecule has 0 atom stereocenters. The predicted octanol–water partition coefficient (Wildman–Crippen LogP) is 2.94. The van der Waals surface area contributed by atoms with Crippen LogP contribution in [0.5, 0.6) is 0 Å². The monoisotopic (exact) mass is 262 g/mol. The van der Waals surface area contributed by atoms with Gasteiger partial charge in [-0.05, 0) is 18.3 Å². The molecule has 1 aliphatic heterocycles. The van der Waals surface area contributed by atoms with Crippen molar-refractivity contribution < 1.29 is 0 Å². The zero-order valence-corrected chi connectivity index (χ0v) is 11.2. The van der Waals surface area contributed by atoms with Crippen molar-refractivity contribution in [3.8, 4) is 0 Å². The molecular formula is C13H18N4S. The van der Waals surface area contributed by atoms with Crippen LogP contribution in [0.25, 0.3) is 0 Å². The first-order chi connectivity index (χ1) is 8.86. The summed E-state index contributed by atoms with van der Waals surface area (Å²) in [5.74, 6) is 1.20. The predicted molar refractivity (Wildman–Crippen MR) is 75.9 cm³/mol. The van der Waals surface area contributed by atoms with E-state index in [1.54, 1.807) is 12.4 Å². The maximum Gasteiger partial charge on any atom is 0.161 e. The molecule has 0 aromatic carbocycles. The fourth-order valence-corrected chi connectivity index (χ4v) is 3.89. The molecule has 3 rings (SSSR count). The van der Waals surface area contributed by atoms with Crippen molar-refractivity contribution in [3.63, 3.8) is 0 Å². The topological polar surface area (TPSA) is 50.2 Å². The molecule has 0 amide bonds. The molecule has 18 heavy (non-hydrogen) atoms. The van der Waals surface area contributed by atoms with Gasteiger partial charge >= 0.3 is 0 Å². The van der Waals surface area contributed by atoms with Crippen molar-refractivity contribution in [1.29, 1.82) is 0 Å². The number of hydrogen-bond donors (Lipinski definition) is 1. The van der Waals surface area contributed by atoms with Crippen molar-refractivity contribution in [2.75, 3.05) is 17.6 Å². The van der Waals surface area contributed by atoms with Gasteiger partial charge in [-0.2, -0.15) is 0 Å². The molecule has 1 saturated carbocycles. The highest BCUT2D eigenvalue weighted by molar-refractivity contribution is 8.14. The molecule has 1 N–H and O–H groups in total. The number of nitrogens with zero attached hydrogens (tertiary/aromatic N) is 3. The van der Waals surface area contributed by atoms with Gasteiger partial charge in [0.05, 0.1) is 18.1 Å². The SMILES string of the molecule is c1ncc(NC2=NCC3(CCCCC3)CS2)cn1. The summed E-state index contributed by atoms with van der Waals surface area (Å²) in [5, 5.41) is 4.31. The minimum absolute atomic E-state index is 0.487. The van der Waals surface area contributed by atoms with Crippen LogP contribution < -0.4 is 5.32 Å². The molecule has 2 heterocycles. The Bertz CT molecular complexity index is 426. The molecule has 5 heteroatoms. The summed E-state index contributed by atoms with van der Waals surface area (Å²) in [4.78, 5) is 12.7. The van der Waals surface area contributed by atoms with Gasteiger partial charge in [-0.3, -0.25) is 4.99 Å². The van der Waals surface area contributed by atoms with Crippen molar-refractivity contribution in [3.05, 3.63) is 18.7 Å². The Balaban J connectivity index is 1.63. The van der Waals surface area contributed by atoms with E-state index in [2.05, 4.69) is 15.3 Å². The van der Waals surface area contributed by atoms with Crippen LogP contribution in [0.3, 0.4) is 0 Å². The fraction of sp³-hybridized carbons (Fsp3) is 0.615. The van der Waals surface area contributed by atoms with Crippen LogP contribution in [0.4, 0.5) is 5.69 Å². The van der Waals surface area contributed by atoms with E-state index in [0.717, 1.165) is 17.4 Å². The second-order valence-corrected chi connectivity index (χ2v) is 6.19. The Labute approximate surface area is 112 Å². The maximum absolute atomic E-state index is 4.71. The van der Waals surface area contributed by atoms with Crippen LogP contribution in [0.1, 0.15) is 32.1 Å². The molecule has 0 radical (unpaired) electrons. The van der Waals surface area contributed by atoms with Gasteiger partial charge in [0.25, 0.3) is 0 Å². The molecule has 1 fully saturated rings. The minimum atomic E-state index is 0.487. The van der Waals surface area contributed by atoms with Crippen LogP contribution in [-0.4, -0.2) is 27.4 Å². The highest BCUT2D eigenvalue weighted by atomic mass is 32.2. The number of rotatable bonds is 1. The lowest BCUT2D eigenvalue weighted by Gasteiger charge is -2.38. The molecule has 4 nitrogen and oxygen atoms in total. The third-order valence-corrected chi connectivity index (χ3v) is 5.06. The smallest absolute Gasteiger partial charge is 0.161 e. The molecule has 0 bridgehead atoms. The van der Waals surface area contributed by atoms with Crippen LogP contribution in [0, 0.1) is 5.41 Å². The van der Waals surface area contributed by atoms with Crippen molar-refractivity contribution in [2.24, 2.45) is 10.4 Å². The first kappa shape index (κ1) is 12.0. The van der Waals surface area contributed by atoms with Crippen LogP contribution in [0.15, 0.2) is 23.7 Å². The lowest BCUT2D eigenvalue weighted by atomic mass is 9.75. The van der Waals surface area contributed by atoms with Gasteiger partial charge in [0.15, 0.2) is 5.17 Å². The van der Waals surface area contributed by atoms with Gasteiger partial charge < -0.3 is 5.32 Å². The summed E-state index contributed by atoms with van der Waals surface area (Å²) in [7, 11) is 0. The molecule has 2 aliphatic rings. The quantitative estimate of drug-likeness (QED) is 0.845. The van der Waals surface area contributed by atoms with Crippen LogP contribution in [-0.2, 0) is 0 Å². The molecule has 1 spiro atoms. The number of anilines is 1. The fourth-order valence-electron chi connectivity index (χ4n) is 2.72. The lowest BCUT2D eigenvalue weighted by molar-refractivity contribution is 0.232. The van der Waals surface area contributed by atoms with E-state index in [-0.39, 0.29) is 0 Å². The Kier molecular flexibility index (Phi) is 3.50. The van der Waals surface area contributed by atoms with Gasteiger partial charge in [0.2, 0.25) is 0 Å². The molecule has 1 aliphatic carbocycles.